The molecule has 1 aliphatic heterocycles. The van der Waals surface area contributed by atoms with E-state index in [1.54, 1.807) is 0 Å². The van der Waals surface area contributed by atoms with Crippen LogP contribution in [-0.4, -0.2) is 36.1 Å². The summed E-state index contributed by atoms with van der Waals surface area (Å²) < 4.78 is 0. The van der Waals surface area contributed by atoms with Gasteiger partial charge in [-0.15, -0.1) is 6.58 Å². The van der Waals surface area contributed by atoms with Crippen LogP contribution in [0.15, 0.2) is 49.2 Å². The second-order valence-electron chi connectivity index (χ2n) is 5.24. The zero-order valence-corrected chi connectivity index (χ0v) is 11.8. The molecule has 3 heteroatoms. The molecule has 0 radical (unpaired) electrons. The average Bonchev–Trinajstić information content (AvgIpc) is 2.53. The van der Waals surface area contributed by atoms with Gasteiger partial charge in [0, 0.05) is 43.8 Å². The second-order valence-corrected chi connectivity index (χ2v) is 5.24. The van der Waals surface area contributed by atoms with Crippen molar-refractivity contribution in [2.45, 2.75) is 12.5 Å². The molecule has 2 aromatic rings. The maximum atomic E-state index is 4.47. The van der Waals surface area contributed by atoms with Gasteiger partial charge in [0.2, 0.25) is 0 Å². The molecule has 0 spiro atoms. The first kappa shape index (κ1) is 13.3. The summed E-state index contributed by atoms with van der Waals surface area (Å²) in [7, 11) is 0. The van der Waals surface area contributed by atoms with Crippen molar-refractivity contribution in [3.63, 3.8) is 0 Å². The SMILES string of the molecule is C=CC[C@@H](c1ccnc2ccccc12)N1CCNCC1. The van der Waals surface area contributed by atoms with Crippen molar-refractivity contribution < 1.29 is 0 Å². The van der Waals surface area contributed by atoms with Crippen molar-refractivity contribution in [3.05, 3.63) is 54.7 Å². The topological polar surface area (TPSA) is 28.2 Å². The lowest BCUT2D eigenvalue weighted by Crippen LogP contribution is -2.45. The first-order chi connectivity index (χ1) is 9.90. The zero-order chi connectivity index (χ0) is 13.8. The Morgan fingerprint density at radius 2 is 2.05 bits per heavy atom. The predicted molar refractivity (Wildman–Crippen MR) is 83.7 cm³/mol. The molecule has 1 N–H and O–H groups in total. The molecule has 0 bridgehead atoms. The van der Waals surface area contributed by atoms with Crippen LogP contribution in [0, 0.1) is 0 Å². The Hall–Kier alpha value is -1.71. The minimum absolute atomic E-state index is 0.405. The number of para-hydroxylation sites is 1. The van der Waals surface area contributed by atoms with Crippen LogP contribution in [0.2, 0.25) is 0 Å². The van der Waals surface area contributed by atoms with Crippen LogP contribution in [0.25, 0.3) is 10.9 Å². The smallest absolute Gasteiger partial charge is 0.0705 e. The number of aromatic nitrogens is 1. The third-order valence-corrected chi connectivity index (χ3v) is 4.02. The number of benzene rings is 1. The van der Waals surface area contributed by atoms with Crippen LogP contribution in [0.5, 0.6) is 0 Å². The van der Waals surface area contributed by atoms with Crippen LogP contribution in [0.3, 0.4) is 0 Å². The van der Waals surface area contributed by atoms with Gasteiger partial charge in [0.25, 0.3) is 0 Å². The van der Waals surface area contributed by atoms with E-state index in [1.165, 1.54) is 10.9 Å². The quantitative estimate of drug-likeness (QED) is 0.863. The summed E-state index contributed by atoms with van der Waals surface area (Å²) in [6, 6.07) is 11.0. The molecule has 2 heterocycles. The summed E-state index contributed by atoms with van der Waals surface area (Å²) in [5, 5.41) is 4.68. The van der Waals surface area contributed by atoms with Gasteiger partial charge >= 0.3 is 0 Å². The molecule has 0 amide bonds. The predicted octanol–water partition coefficient (Wildman–Crippen LogP) is 2.76. The molecule has 1 aromatic carbocycles. The zero-order valence-electron chi connectivity index (χ0n) is 11.8. The number of fused-ring (bicyclic) bond motifs is 1. The van der Waals surface area contributed by atoms with Gasteiger partial charge in [-0.2, -0.15) is 0 Å². The molecule has 1 atom stereocenters. The normalized spacial score (nSPS) is 18.0. The van der Waals surface area contributed by atoms with Crippen molar-refractivity contribution in [2.75, 3.05) is 26.2 Å². The number of hydrogen-bond acceptors (Lipinski definition) is 3. The first-order valence-electron chi connectivity index (χ1n) is 7.29. The number of hydrogen-bond donors (Lipinski definition) is 1. The van der Waals surface area contributed by atoms with Crippen LogP contribution in [-0.2, 0) is 0 Å². The average molecular weight is 267 g/mol. The van der Waals surface area contributed by atoms with Crippen molar-refractivity contribution in [1.82, 2.24) is 15.2 Å². The van der Waals surface area contributed by atoms with Crippen LogP contribution >= 0.6 is 0 Å². The minimum Gasteiger partial charge on any atom is -0.314 e. The molecule has 0 aliphatic carbocycles. The standard InChI is InChI=1S/C17H21N3/c1-2-5-17(20-12-10-18-11-13-20)15-8-9-19-16-7-4-3-6-14(15)16/h2-4,6-9,17-18H,1,5,10-13H2/t17-/m0/s1. The summed E-state index contributed by atoms with van der Waals surface area (Å²) in [5.41, 5.74) is 2.45. The van der Waals surface area contributed by atoms with Gasteiger partial charge in [-0.1, -0.05) is 24.3 Å². The second kappa shape index (κ2) is 6.16. The highest BCUT2D eigenvalue weighted by Crippen LogP contribution is 2.30. The maximum Gasteiger partial charge on any atom is 0.0705 e. The Bertz CT molecular complexity index is 582. The van der Waals surface area contributed by atoms with E-state index in [0.717, 1.165) is 38.1 Å². The van der Waals surface area contributed by atoms with Gasteiger partial charge in [-0.05, 0) is 24.1 Å². The van der Waals surface area contributed by atoms with E-state index in [4.69, 9.17) is 0 Å². The Labute approximate surface area is 120 Å². The third-order valence-electron chi connectivity index (χ3n) is 4.02. The van der Waals surface area contributed by atoms with Gasteiger partial charge in [0.15, 0.2) is 0 Å². The fourth-order valence-corrected chi connectivity index (χ4v) is 3.03. The van der Waals surface area contributed by atoms with E-state index in [1.807, 2.05) is 18.3 Å². The molecule has 1 aromatic heterocycles. The third kappa shape index (κ3) is 2.60. The Kier molecular flexibility index (Phi) is 4.09. The lowest BCUT2D eigenvalue weighted by molar-refractivity contribution is 0.175. The van der Waals surface area contributed by atoms with E-state index >= 15 is 0 Å². The maximum absolute atomic E-state index is 4.47. The van der Waals surface area contributed by atoms with Gasteiger partial charge < -0.3 is 5.32 Å². The molecular formula is C17H21N3. The van der Waals surface area contributed by atoms with Crippen LogP contribution < -0.4 is 5.32 Å². The molecule has 1 fully saturated rings. The van der Waals surface area contributed by atoms with Crippen molar-refractivity contribution in [2.24, 2.45) is 0 Å². The van der Waals surface area contributed by atoms with Gasteiger partial charge in [0.05, 0.1) is 5.52 Å². The van der Waals surface area contributed by atoms with E-state index in [9.17, 15) is 0 Å². The van der Waals surface area contributed by atoms with Gasteiger partial charge in [-0.25, -0.2) is 0 Å². The van der Waals surface area contributed by atoms with Gasteiger partial charge in [0.1, 0.15) is 0 Å². The Morgan fingerprint density at radius 3 is 2.85 bits per heavy atom. The molecule has 3 nitrogen and oxygen atoms in total. The van der Waals surface area contributed by atoms with Crippen molar-refractivity contribution in [1.29, 1.82) is 0 Å². The van der Waals surface area contributed by atoms with Crippen LogP contribution in [0.4, 0.5) is 0 Å². The molecule has 1 aliphatic rings. The molecule has 20 heavy (non-hydrogen) atoms. The number of pyridine rings is 1. The number of nitrogens with one attached hydrogen (secondary N) is 1. The highest BCUT2D eigenvalue weighted by atomic mass is 15.2. The van der Waals surface area contributed by atoms with Crippen molar-refractivity contribution >= 4 is 10.9 Å². The monoisotopic (exact) mass is 267 g/mol. The summed E-state index contributed by atoms with van der Waals surface area (Å²) in [6.45, 7) is 8.26. The fourth-order valence-electron chi connectivity index (χ4n) is 3.03. The first-order valence-corrected chi connectivity index (χ1v) is 7.29. The molecule has 0 saturated carbocycles. The summed E-state index contributed by atoms with van der Waals surface area (Å²) in [4.78, 5) is 7.03. The number of piperazine rings is 1. The lowest BCUT2D eigenvalue weighted by atomic mass is 9.97. The number of nitrogens with zero attached hydrogens (tertiary/aromatic N) is 2. The van der Waals surface area contributed by atoms with E-state index < -0.39 is 0 Å². The van der Waals surface area contributed by atoms with E-state index in [-0.39, 0.29) is 0 Å². The molecular weight excluding hydrogens is 246 g/mol. The summed E-state index contributed by atoms with van der Waals surface area (Å²) in [6.07, 6.45) is 4.94. The fraction of sp³-hybridized carbons (Fsp3) is 0.353. The van der Waals surface area contributed by atoms with Crippen LogP contribution in [0.1, 0.15) is 18.0 Å². The molecule has 104 valence electrons. The largest absolute Gasteiger partial charge is 0.314 e. The molecule has 1 saturated heterocycles. The van der Waals surface area contributed by atoms with Gasteiger partial charge in [-0.3, -0.25) is 9.88 Å². The van der Waals surface area contributed by atoms with E-state index in [2.05, 4.69) is 46.0 Å². The van der Waals surface area contributed by atoms with Crippen molar-refractivity contribution in [3.8, 4) is 0 Å². The highest BCUT2D eigenvalue weighted by molar-refractivity contribution is 5.82. The highest BCUT2D eigenvalue weighted by Gasteiger charge is 2.22. The minimum atomic E-state index is 0.405. The Morgan fingerprint density at radius 1 is 1.25 bits per heavy atom. The molecule has 3 rings (SSSR count). The Balaban J connectivity index is 2.02. The summed E-state index contributed by atoms with van der Waals surface area (Å²) in [5.74, 6) is 0. The number of rotatable bonds is 4. The van der Waals surface area contributed by atoms with E-state index in [0.29, 0.717) is 6.04 Å². The summed E-state index contributed by atoms with van der Waals surface area (Å²) >= 11 is 0. The molecule has 0 unspecified atom stereocenters. The lowest BCUT2D eigenvalue weighted by Gasteiger charge is -2.35.